The molecule has 1 aromatic heterocycles. The molecule has 2 rings (SSSR count). The summed E-state index contributed by atoms with van der Waals surface area (Å²) in [5, 5.41) is 8.71. The highest BCUT2D eigenvalue weighted by Gasteiger charge is 2.16. The van der Waals surface area contributed by atoms with E-state index in [0.29, 0.717) is 14.8 Å². The smallest absolute Gasteiger partial charge is 0.208 e. The molecule has 0 aliphatic rings. The molecular formula is C12H12FN3OS2. The van der Waals surface area contributed by atoms with E-state index in [9.17, 15) is 9.18 Å². The zero-order chi connectivity index (χ0) is 14.0. The standard InChI is InChI=1S/C12H12FN3OS2/c1-7(17)8-5-4-6-9(13)10(8)18-12-15-14-11(19-12)16(2)3/h4-6H,1-3H3. The lowest BCUT2D eigenvalue weighted by atomic mass is 10.1. The number of ketones is 1. The van der Waals surface area contributed by atoms with Crippen molar-refractivity contribution >= 4 is 34.0 Å². The Morgan fingerprint density at radius 1 is 1.37 bits per heavy atom. The topological polar surface area (TPSA) is 46.1 Å². The minimum Gasteiger partial charge on any atom is -0.353 e. The van der Waals surface area contributed by atoms with Gasteiger partial charge in [-0.1, -0.05) is 35.2 Å². The Morgan fingerprint density at radius 3 is 2.68 bits per heavy atom. The normalized spacial score (nSPS) is 10.5. The lowest BCUT2D eigenvalue weighted by Gasteiger charge is -2.05. The van der Waals surface area contributed by atoms with Gasteiger partial charge in [-0.05, 0) is 13.0 Å². The molecular weight excluding hydrogens is 285 g/mol. The predicted molar refractivity (Wildman–Crippen MR) is 74.8 cm³/mol. The van der Waals surface area contributed by atoms with Crippen LogP contribution in [0.15, 0.2) is 27.4 Å². The third-order valence-electron chi connectivity index (χ3n) is 2.31. The molecule has 19 heavy (non-hydrogen) atoms. The Balaban J connectivity index is 2.34. The van der Waals surface area contributed by atoms with Gasteiger partial charge in [0, 0.05) is 19.7 Å². The van der Waals surface area contributed by atoms with Gasteiger partial charge in [-0.15, -0.1) is 10.2 Å². The van der Waals surface area contributed by atoms with Crippen LogP contribution in [0.4, 0.5) is 9.52 Å². The molecule has 0 saturated carbocycles. The van der Waals surface area contributed by atoms with Crippen molar-refractivity contribution in [3.05, 3.63) is 29.6 Å². The molecule has 0 unspecified atom stereocenters. The summed E-state index contributed by atoms with van der Waals surface area (Å²) in [5.41, 5.74) is 0.367. The van der Waals surface area contributed by atoms with Crippen molar-refractivity contribution in [1.82, 2.24) is 10.2 Å². The first kappa shape index (κ1) is 14.0. The third kappa shape index (κ3) is 3.10. The van der Waals surface area contributed by atoms with Crippen LogP contribution in [0.3, 0.4) is 0 Å². The lowest BCUT2D eigenvalue weighted by molar-refractivity contribution is 0.101. The molecule has 0 radical (unpaired) electrons. The number of carbonyl (C=O) groups excluding carboxylic acids is 1. The van der Waals surface area contributed by atoms with Crippen molar-refractivity contribution in [2.75, 3.05) is 19.0 Å². The SMILES string of the molecule is CC(=O)c1cccc(F)c1Sc1nnc(N(C)C)s1. The molecule has 100 valence electrons. The maximum atomic E-state index is 13.8. The molecule has 0 fully saturated rings. The van der Waals surface area contributed by atoms with Crippen LogP contribution in [-0.4, -0.2) is 30.1 Å². The molecule has 0 N–H and O–H groups in total. The molecule has 1 aromatic carbocycles. The van der Waals surface area contributed by atoms with Crippen LogP contribution in [-0.2, 0) is 0 Å². The highest BCUT2D eigenvalue weighted by molar-refractivity contribution is 8.01. The van der Waals surface area contributed by atoms with E-state index in [1.54, 1.807) is 6.07 Å². The fourth-order valence-corrected chi connectivity index (χ4v) is 3.29. The second-order valence-corrected chi connectivity index (χ2v) is 6.23. The lowest BCUT2D eigenvalue weighted by Crippen LogP contribution is -2.07. The number of anilines is 1. The van der Waals surface area contributed by atoms with Crippen molar-refractivity contribution in [3.8, 4) is 0 Å². The molecule has 0 bridgehead atoms. The first-order chi connectivity index (χ1) is 8.99. The molecule has 0 aliphatic heterocycles. The molecule has 2 aromatic rings. The van der Waals surface area contributed by atoms with Gasteiger partial charge in [0.05, 0.1) is 4.90 Å². The second-order valence-electron chi connectivity index (χ2n) is 4.02. The molecule has 0 atom stereocenters. The summed E-state index contributed by atoms with van der Waals surface area (Å²) in [6, 6.07) is 4.48. The van der Waals surface area contributed by atoms with Crippen LogP contribution in [0.5, 0.6) is 0 Å². The van der Waals surface area contributed by atoms with Crippen LogP contribution in [0.1, 0.15) is 17.3 Å². The number of halogens is 1. The number of Topliss-reactive ketones (excluding diaryl/α,β-unsaturated/α-hetero) is 1. The Labute approximate surface area is 118 Å². The van der Waals surface area contributed by atoms with Gasteiger partial charge in [0.2, 0.25) is 5.13 Å². The van der Waals surface area contributed by atoms with Crippen LogP contribution >= 0.6 is 23.1 Å². The number of hydrogen-bond acceptors (Lipinski definition) is 6. The van der Waals surface area contributed by atoms with Crippen molar-refractivity contribution in [1.29, 1.82) is 0 Å². The van der Waals surface area contributed by atoms with Crippen molar-refractivity contribution in [3.63, 3.8) is 0 Å². The molecule has 4 nitrogen and oxygen atoms in total. The number of carbonyl (C=O) groups is 1. The number of rotatable bonds is 4. The zero-order valence-electron chi connectivity index (χ0n) is 10.7. The fourth-order valence-electron chi connectivity index (χ4n) is 1.40. The van der Waals surface area contributed by atoms with Gasteiger partial charge < -0.3 is 4.90 Å². The van der Waals surface area contributed by atoms with Gasteiger partial charge in [-0.2, -0.15) is 0 Å². The van der Waals surface area contributed by atoms with Gasteiger partial charge in [-0.3, -0.25) is 4.79 Å². The summed E-state index contributed by atoms with van der Waals surface area (Å²) in [4.78, 5) is 13.6. The van der Waals surface area contributed by atoms with Gasteiger partial charge in [-0.25, -0.2) is 4.39 Å². The average Bonchev–Trinajstić information content (AvgIpc) is 2.80. The molecule has 0 aliphatic carbocycles. The summed E-state index contributed by atoms with van der Waals surface area (Å²) in [6.07, 6.45) is 0. The Kier molecular flexibility index (Phi) is 4.16. The summed E-state index contributed by atoms with van der Waals surface area (Å²) < 4.78 is 14.4. The van der Waals surface area contributed by atoms with Gasteiger partial charge in [0.25, 0.3) is 0 Å². The predicted octanol–water partition coefficient (Wildman–Crippen LogP) is 3.10. The van der Waals surface area contributed by atoms with Gasteiger partial charge in [0.15, 0.2) is 10.1 Å². The average molecular weight is 297 g/mol. The van der Waals surface area contributed by atoms with E-state index in [2.05, 4.69) is 10.2 Å². The van der Waals surface area contributed by atoms with E-state index in [4.69, 9.17) is 0 Å². The highest BCUT2D eigenvalue weighted by atomic mass is 32.2. The van der Waals surface area contributed by atoms with E-state index in [0.717, 1.165) is 16.9 Å². The highest BCUT2D eigenvalue weighted by Crippen LogP contribution is 2.36. The Bertz CT molecular complexity index is 613. The first-order valence-corrected chi connectivity index (χ1v) is 7.10. The molecule has 0 amide bonds. The van der Waals surface area contributed by atoms with E-state index in [1.807, 2.05) is 19.0 Å². The first-order valence-electron chi connectivity index (χ1n) is 5.47. The zero-order valence-corrected chi connectivity index (χ0v) is 12.3. The van der Waals surface area contributed by atoms with E-state index in [1.165, 1.54) is 30.4 Å². The minimum atomic E-state index is -0.417. The summed E-state index contributed by atoms with van der Waals surface area (Å²) in [5.74, 6) is -0.585. The molecule has 1 heterocycles. The molecule has 0 spiro atoms. The number of aromatic nitrogens is 2. The van der Waals surface area contributed by atoms with Crippen molar-refractivity contribution < 1.29 is 9.18 Å². The third-order valence-corrected chi connectivity index (χ3v) is 4.57. The van der Waals surface area contributed by atoms with Gasteiger partial charge in [0.1, 0.15) is 5.82 Å². The van der Waals surface area contributed by atoms with Gasteiger partial charge >= 0.3 is 0 Å². The molecule has 0 saturated heterocycles. The minimum absolute atomic E-state index is 0.167. The Hall–Kier alpha value is -1.47. The molecule has 7 heteroatoms. The maximum absolute atomic E-state index is 13.8. The van der Waals surface area contributed by atoms with Crippen molar-refractivity contribution in [2.24, 2.45) is 0 Å². The van der Waals surface area contributed by atoms with Crippen LogP contribution < -0.4 is 4.90 Å². The van der Waals surface area contributed by atoms with Crippen LogP contribution in [0.2, 0.25) is 0 Å². The second kappa shape index (κ2) is 5.66. The number of nitrogens with zero attached hydrogens (tertiary/aromatic N) is 3. The van der Waals surface area contributed by atoms with E-state index >= 15 is 0 Å². The summed E-state index contributed by atoms with van der Waals surface area (Å²) >= 11 is 2.48. The van der Waals surface area contributed by atoms with Crippen molar-refractivity contribution in [2.45, 2.75) is 16.2 Å². The quantitative estimate of drug-likeness (QED) is 0.812. The largest absolute Gasteiger partial charge is 0.353 e. The number of hydrogen-bond donors (Lipinski definition) is 0. The Morgan fingerprint density at radius 2 is 2.11 bits per heavy atom. The fraction of sp³-hybridized carbons (Fsp3) is 0.250. The summed E-state index contributed by atoms with van der Waals surface area (Å²) in [6.45, 7) is 1.42. The van der Waals surface area contributed by atoms with E-state index < -0.39 is 5.82 Å². The summed E-state index contributed by atoms with van der Waals surface area (Å²) in [7, 11) is 3.72. The van der Waals surface area contributed by atoms with Crippen LogP contribution in [0, 0.1) is 5.82 Å². The monoisotopic (exact) mass is 297 g/mol. The number of benzene rings is 1. The van der Waals surface area contributed by atoms with Crippen LogP contribution in [0.25, 0.3) is 0 Å². The maximum Gasteiger partial charge on any atom is 0.208 e. The van der Waals surface area contributed by atoms with E-state index in [-0.39, 0.29) is 5.78 Å².